The average Bonchev–Trinajstić information content (AvgIpc) is 3.73. The summed E-state index contributed by atoms with van der Waals surface area (Å²) in [4.78, 5) is 29.1. The van der Waals surface area contributed by atoms with Crippen LogP contribution >= 0.6 is 0 Å². The molecule has 6 nitrogen and oxygen atoms in total. The number of ether oxygens (including phenoxy) is 1. The summed E-state index contributed by atoms with van der Waals surface area (Å²) in [6.07, 6.45) is 3.90. The quantitative estimate of drug-likeness (QED) is 0.586. The molecule has 0 bridgehead atoms. The Labute approximate surface area is 207 Å². The number of amides is 1. The fourth-order valence-corrected chi connectivity index (χ4v) is 5.48. The minimum atomic E-state index is -0.872. The van der Waals surface area contributed by atoms with Gasteiger partial charge >= 0.3 is 12.1 Å². The second kappa shape index (κ2) is 8.98. The summed E-state index contributed by atoms with van der Waals surface area (Å²) in [7, 11) is 0. The van der Waals surface area contributed by atoms with E-state index < -0.39 is 11.6 Å². The molecule has 186 valence electrons. The first kappa shape index (κ1) is 23.9. The Morgan fingerprint density at radius 1 is 1.11 bits per heavy atom. The van der Waals surface area contributed by atoms with Crippen LogP contribution < -0.4 is 0 Å². The van der Waals surface area contributed by atoms with E-state index in [1.54, 1.807) is 6.07 Å². The molecule has 5 rings (SSSR count). The molecule has 2 aromatic rings. The lowest BCUT2D eigenvalue weighted by atomic mass is 9.95. The standard InChI is InChI=1S/C29H36N2O4/c1-28(2,3)35-27(34)31(25-16-24(25)20-7-5-4-6-8-20)19-29(12-13-29)18-30-14-11-21-15-22(26(32)33)9-10-23(21)17-30/h4-10,15,24-25H,11-14,16-19H2,1-3H3,(H,32,33)/t24?,25-/m0/s1. The number of carbonyl (C=O) groups excluding carboxylic acids is 1. The molecule has 0 saturated heterocycles. The zero-order valence-electron chi connectivity index (χ0n) is 21.0. The van der Waals surface area contributed by atoms with Gasteiger partial charge < -0.3 is 14.7 Å². The molecule has 35 heavy (non-hydrogen) atoms. The van der Waals surface area contributed by atoms with E-state index in [0.29, 0.717) is 11.5 Å². The molecule has 2 aliphatic carbocycles. The fourth-order valence-electron chi connectivity index (χ4n) is 5.48. The second-order valence-corrected chi connectivity index (χ2v) is 11.7. The lowest BCUT2D eigenvalue weighted by Gasteiger charge is -2.35. The Morgan fingerprint density at radius 2 is 1.86 bits per heavy atom. The van der Waals surface area contributed by atoms with Gasteiger partial charge in [0.05, 0.1) is 5.56 Å². The van der Waals surface area contributed by atoms with E-state index >= 15 is 0 Å². The smallest absolute Gasteiger partial charge is 0.410 e. The van der Waals surface area contributed by atoms with Gasteiger partial charge in [-0.15, -0.1) is 0 Å². The number of hydrogen-bond donors (Lipinski definition) is 1. The van der Waals surface area contributed by atoms with Crippen molar-refractivity contribution in [2.75, 3.05) is 19.6 Å². The maximum atomic E-state index is 13.3. The highest BCUT2D eigenvalue weighted by Gasteiger charge is 2.52. The average molecular weight is 477 g/mol. The summed E-state index contributed by atoms with van der Waals surface area (Å²) in [6, 6.07) is 16.2. The Balaban J connectivity index is 1.27. The maximum absolute atomic E-state index is 13.3. The predicted octanol–water partition coefficient (Wildman–Crippen LogP) is 5.32. The molecular weight excluding hydrogens is 440 g/mol. The van der Waals surface area contributed by atoms with Gasteiger partial charge in [-0.25, -0.2) is 9.59 Å². The zero-order chi connectivity index (χ0) is 24.8. The fraction of sp³-hybridized carbons (Fsp3) is 0.517. The molecular formula is C29H36N2O4. The van der Waals surface area contributed by atoms with E-state index in [1.165, 1.54) is 11.1 Å². The van der Waals surface area contributed by atoms with Gasteiger partial charge in [-0.1, -0.05) is 36.4 Å². The van der Waals surface area contributed by atoms with Gasteiger partial charge in [-0.2, -0.15) is 0 Å². The van der Waals surface area contributed by atoms with E-state index in [1.807, 2.05) is 43.9 Å². The number of benzene rings is 2. The van der Waals surface area contributed by atoms with Crippen LogP contribution in [0.2, 0.25) is 0 Å². The highest BCUT2D eigenvalue weighted by atomic mass is 16.6. The maximum Gasteiger partial charge on any atom is 0.410 e. The third-order valence-electron chi connectivity index (χ3n) is 7.58. The van der Waals surface area contributed by atoms with E-state index in [2.05, 4.69) is 29.2 Å². The van der Waals surface area contributed by atoms with Crippen molar-refractivity contribution in [3.8, 4) is 0 Å². The molecule has 2 fully saturated rings. The summed E-state index contributed by atoms with van der Waals surface area (Å²) >= 11 is 0. The summed E-state index contributed by atoms with van der Waals surface area (Å²) in [6.45, 7) is 9.22. The molecule has 6 heteroatoms. The molecule has 1 unspecified atom stereocenters. The zero-order valence-corrected chi connectivity index (χ0v) is 21.0. The number of carbonyl (C=O) groups is 2. The molecule has 1 N–H and O–H groups in total. The lowest BCUT2D eigenvalue weighted by Crippen LogP contribution is -2.45. The number of fused-ring (bicyclic) bond motifs is 1. The highest BCUT2D eigenvalue weighted by molar-refractivity contribution is 5.87. The molecule has 0 spiro atoms. The van der Waals surface area contributed by atoms with Crippen LogP contribution in [0, 0.1) is 5.41 Å². The second-order valence-electron chi connectivity index (χ2n) is 11.7. The molecule has 1 heterocycles. The van der Waals surface area contributed by atoms with Crippen LogP contribution in [-0.4, -0.2) is 58.2 Å². The van der Waals surface area contributed by atoms with E-state index in [4.69, 9.17) is 4.74 Å². The highest BCUT2D eigenvalue weighted by Crippen LogP contribution is 2.52. The van der Waals surface area contributed by atoms with E-state index in [0.717, 1.165) is 57.4 Å². The van der Waals surface area contributed by atoms with Gasteiger partial charge in [0.2, 0.25) is 0 Å². The van der Waals surface area contributed by atoms with Crippen LogP contribution in [0.3, 0.4) is 0 Å². The first-order chi connectivity index (χ1) is 16.6. The Bertz CT molecular complexity index is 1100. The van der Waals surface area contributed by atoms with Crippen LogP contribution in [0.15, 0.2) is 48.5 Å². The van der Waals surface area contributed by atoms with Gasteiger partial charge in [0.25, 0.3) is 0 Å². The van der Waals surface area contributed by atoms with Crippen molar-refractivity contribution in [1.29, 1.82) is 0 Å². The third-order valence-corrected chi connectivity index (χ3v) is 7.58. The molecule has 1 amide bonds. The largest absolute Gasteiger partial charge is 0.478 e. The first-order valence-corrected chi connectivity index (χ1v) is 12.7. The number of carboxylic acid groups (broad SMARTS) is 1. The van der Waals surface area contributed by atoms with Gasteiger partial charge in [-0.05, 0) is 75.3 Å². The van der Waals surface area contributed by atoms with Crippen molar-refractivity contribution in [2.45, 2.75) is 70.6 Å². The van der Waals surface area contributed by atoms with Crippen LogP contribution in [-0.2, 0) is 17.7 Å². The SMILES string of the molecule is CC(C)(C)OC(=O)N(CC1(CN2CCc3cc(C(=O)O)ccc3C2)CC1)[C@H]1CC1c1ccccc1. The summed E-state index contributed by atoms with van der Waals surface area (Å²) in [5.74, 6) is -0.493. The summed E-state index contributed by atoms with van der Waals surface area (Å²) in [5, 5.41) is 9.29. The predicted molar refractivity (Wildman–Crippen MR) is 135 cm³/mol. The number of carboxylic acids is 1. The minimum Gasteiger partial charge on any atom is -0.478 e. The minimum absolute atomic E-state index is 0.110. The van der Waals surface area contributed by atoms with Crippen LogP contribution in [0.4, 0.5) is 4.79 Å². The van der Waals surface area contributed by atoms with Crippen molar-refractivity contribution < 1.29 is 19.4 Å². The van der Waals surface area contributed by atoms with Crippen LogP contribution in [0.5, 0.6) is 0 Å². The monoisotopic (exact) mass is 476 g/mol. The Kier molecular flexibility index (Phi) is 6.12. The van der Waals surface area contributed by atoms with Crippen molar-refractivity contribution in [3.63, 3.8) is 0 Å². The van der Waals surface area contributed by atoms with Crippen molar-refractivity contribution in [3.05, 3.63) is 70.8 Å². The number of nitrogens with zero attached hydrogens (tertiary/aromatic N) is 2. The van der Waals surface area contributed by atoms with E-state index in [-0.39, 0.29) is 17.6 Å². The summed E-state index contributed by atoms with van der Waals surface area (Å²) in [5.41, 5.74) is 3.61. The van der Waals surface area contributed by atoms with Gasteiger partial charge in [-0.3, -0.25) is 4.90 Å². The molecule has 2 saturated carbocycles. The molecule has 2 atom stereocenters. The Morgan fingerprint density at radius 3 is 2.51 bits per heavy atom. The Hall–Kier alpha value is -2.86. The molecule has 0 radical (unpaired) electrons. The van der Waals surface area contributed by atoms with Crippen molar-refractivity contribution in [2.24, 2.45) is 5.41 Å². The summed E-state index contributed by atoms with van der Waals surface area (Å²) < 4.78 is 5.85. The third kappa shape index (κ3) is 5.53. The topological polar surface area (TPSA) is 70.1 Å². The molecule has 0 aromatic heterocycles. The first-order valence-electron chi connectivity index (χ1n) is 12.7. The van der Waals surface area contributed by atoms with Gasteiger partial charge in [0, 0.05) is 43.6 Å². The van der Waals surface area contributed by atoms with Crippen molar-refractivity contribution in [1.82, 2.24) is 9.80 Å². The normalized spacial score (nSPS) is 22.7. The molecule has 2 aromatic carbocycles. The van der Waals surface area contributed by atoms with Gasteiger partial charge in [0.15, 0.2) is 0 Å². The lowest BCUT2D eigenvalue weighted by molar-refractivity contribution is 0.0168. The number of hydrogen-bond acceptors (Lipinski definition) is 4. The van der Waals surface area contributed by atoms with Crippen LogP contribution in [0.1, 0.15) is 73.0 Å². The number of aromatic carboxylic acids is 1. The molecule has 3 aliphatic rings. The van der Waals surface area contributed by atoms with E-state index in [9.17, 15) is 14.7 Å². The van der Waals surface area contributed by atoms with Crippen molar-refractivity contribution >= 4 is 12.1 Å². The van der Waals surface area contributed by atoms with Gasteiger partial charge in [0.1, 0.15) is 5.60 Å². The van der Waals surface area contributed by atoms with Crippen LogP contribution in [0.25, 0.3) is 0 Å². The molecule has 1 aliphatic heterocycles. The number of rotatable bonds is 7.